The molecule has 0 bridgehead atoms. The van der Waals surface area contributed by atoms with Crippen LogP contribution in [-0.4, -0.2) is 29.4 Å². The molecule has 2 aliphatic rings. The Balaban J connectivity index is 1.38. The van der Waals surface area contributed by atoms with Gasteiger partial charge in [-0.25, -0.2) is 4.79 Å². The van der Waals surface area contributed by atoms with Crippen LogP contribution >= 0.6 is 0 Å². The zero-order valence-corrected chi connectivity index (χ0v) is 17.7. The fourth-order valence-electron chi connectivity index (χ4n) is 4.64. The van der Waals surface area contributed by atoms with Crippen molar-refractivity contribution in [2.24, 2.45) is 5.92 Å². The average molecular weight is 428 g/mol. The number of ether oxygens (including phenoxy) is 2. The van der Waals surface area contributed by atoms with E-state index in [1.165, 1.54) is 0 Å². The normalized spacial score (nSPS) is 24.8. The van der Waals surface area contributed by atoms with Crippen LogP contribution in [-0.2, 0) is 20.9 Å². The molecule has 0 radical (unpaired) electrons. The third-order valence-electron chi connectivity index (χ3n) is 6.35. The molecule has 0 unspecified atom stereocenters. The number of hydrogen-bond acceptors (Lipinski definition) is 4. The maximum Gasteiger partial charge on any atom is 0.411 e. The van der Waals surface area contributed by atoms with Crippen molar-refractivity contribution in [2.45, 2.75) is 31.2 Å². The largest absolute Gasteiger partial charge is 0.439 e. The lowest BCUT2D eigenvalue weighted by atomic mass is 9.76. The highest BCUT2D eigenvalue weighted by Gasteiger charge is 2.54. The summed E-state index contributed by atoms with van der Waals surface area (Å²) >= 11 is 0. The Hall–Kier alpha value is -3.44. The number of amides is 1. The Kier molecular flexibility index (Phi) is 5.73. The van der Waals surface area contributed by atoms with Gasteiger partial charge in [-0.2, -0.15) is 0 Å². The number of hydrogen-bond donors (Lipinski definition) is 0. The number of rotatable bonds is 7. The number of cyclic esters (lactones) is 1. The summed E-state index contributed by atoms with van der Waals surface area (Å²) in [6.45, 7) is 0.732. The highest BCUT2D eigenvalue weighted by atomic mass is 16.6. The van der Waals surface area contributed by atoms with Crippen molar-refractivity contribution in [3.8, 4) is 0 Å². The molecular formula is C27H25NO4. The highest BCUT2D eigenvalue weighted by Crippen LogP contribution is 2.47. The highest BCUT2D eigenvalue weighted by molar-refractivity contribution is 5.90. The molecule has 0 aromatic heterocycles. The second kappa shape index (κ2) is 8.97. The molecule has 3 aromatic rings. The van der Waals surface area contributed by atoms with Gasteiger partial charge in [-0.1, -0.05) is 91.0 Å². The van der Waals surface area contributed by atoms with Crippen molar-refractivity contribution in [1.29, 1.82) is 0 Å². The zero-order chi connectivity index (χ0) is 21.9. The van der Waals surface area contributed by atoms with Crippen molar-refractivity contribution in [3.63, 3.8) is 0 Å². The van der Waals surface area contributed by atoms with Gasteiger partial charge in [-0.05, 0) is 16.7 Å². The summed E-state index contributed by atoms with van der Waals surface area (Å²) < 4.78 is 11.7. The van der Waals surface area contributed by atoms with Crippen molar-refractivity contribution < 1.29 is 19.1 Å². The number of ketones is 1. The number of carbonyl (C=O) groups excluding carboxylic acids is 2. The Labute approximate surface area is 187 Å². The average Bonchev–Trinajstić information content (AvgIpc) is 3.18. The molecule has 162 valence electrons. The van der Waals surface area contributed by atoms with E-state index in [2.05, 4.69) is 0 Å². The van der Waals surface area contributed by atoms with Crippen LogP contribution in [0.15, 0.2) is 91.0 Å². The first-order valence-corrected chi connectivity index (χ1v) is 11.0. The molecule has 0 N–H and O–H groups in total. The molecule has 1 saturated carbocycles. The van der Waals surface area contributed by atoms with Crippen LogP contribution in [0.1, 0.15) is 35.3 Å². The summed E-state index contributed by atoms with van der Waals surface area (Å²) in [4.78, 5) is 27.3. The van der Waals surface area contributed by atoms with Crippen molar-refractivity contribution in [1.82, 2.24) is 4.90 Å². The van der Waals surface area contributed by atoms with E-state index in [0.717, 1.165) is 16.7 Å². The molecule has 32 heavy (non-hydrogen) atoms. The number of carbonyl (C=O) groups is 2. The van der Waals surface area contributed by atoms with E-state index < -0.39 is 6.10 Å². The third kappa shape index (κ3) is 3.92. The second-order valence-corrected chi connectivity index (χ2v) is 8.32. The van der Waals surface area contributed by atoms with Crippen LogP contribution in [0, 0.1) is 5.92 Å². The molecule has 5 nitrogen and oxygen atoms in total. The number of benzene rings is 3. The van der Waals surface area contributed by atoms with Crippen LogP contribution in [0.5, 0.6) is 0 Å². The Bertz CT molecular complexity index is 1070. The molecule has 4 atom stereocenters. The van der Waals surface area contributed by atoms with Gasteiger partial charge in [-0.3, -0.25) is 9.69 Å². The zero-order valence-electron chi connectivity index (χ0n) is 17.7. The van der Waals surface area contributed by atoms with E-state index in [9.17, 15) is 9.59 Å². The SMILES string of the molecule is O=C1C[C@@H](N2C(=O)O[C@@H](c3ccccc3)[C@H]2c2ccccc2)[C@@H]1COCc1ccccc1. The van der Waals surface area contributed by atoms with E-state index in [-0.39, 0.29) is 29.9 Å². The monoisotopic (exact) mass is 427 g/mol. The van der Waals surface area contributed by atoms with Gasteiger partial charge in [0.1, 0.15) is 11.8 Å². The van der Waals surface area contributed by atoms with Crippen molar-refractivity contribution >= 4 is 11.9 Å². The van der Waals surface area contributed by atoms with E-state index in [1.54, 1.807) is 4.90 Å². The summed E-state index contributed by atoms with van der Waals surface area (Å²) in [5, 5.41) is 0. The van der Waals surface area contributed by atoms with Gasteiger partial charge in [0.05, 0.1) is 25.2 Å². The fraction of sp³-hybridized carbons (Fsp3) is 0.259. The van der Waals surface area contributed by atoms with Crippen LogP contribution in [0.3, 0.4) is 0 Å². The van der Waals surface area contributed by atoms with Gasteiger partial charge in [0.15, 0.2) is 6.10 Å². The summed E-state index contributed by atoms with van der Waals surface area (Å²) in [7, 11) is 0. The van der Waals surface area contributed by atoms with Gasteiger partial charge in [-0.15, -0.1) is 0 Å². The van der Waals surface area contributed by atoms with Crippen LogP contribution < -0.4 is 0 Å². The van der Waals surface area contributed by atoms with E-state index >= 15 is 0 Å². The Morgan fingerprint density at radius 1 is 0.812 bits per heavy atom. The molecule has 1 heterocycles. The maximum atomic E-state index is 13.1. The molecule has 5 heteroatoms. The fourth-order valence-corrected chi connectivity index (χ4v) is 4.64. The predicted octanol–water partition coefficient (Wildman–Crippen LogP) is 5.10. The predicted molar refractivity (Wildman–Crippen MR) is 120 cm³/mol. The smallest absolute Gasteiger partial charge is 0.411 e. The van der Waals surface area contributed by atoms with E-state index in [0.29, 0.717) is 19.6 Å². The summed E-state index contributed by atoms with van der Waals surface area (Å²) in [6, 6.07) is 29.0. The van der Waals surface area contributed by atoms with Gasteiger partial charge in [0.25, 0.3) is 0 Å². The lowest BCUT2D eigenvalue weighted by Crippen LogP contribution is -2.55. The quantitative estimate of drug-likeness (QED) is 0.527. The molecular weight excluding hydrogens is 402 g/mol. The van der Waals surface area contributed by atoms with E-state index in [4.69, 9.17) is 9.47 Å². The van der Waals surface area contributed by atoms with Gasteiger partial charge < -0.3 is 9.47 Å². The van der Waals surface area contributed by atoms with Gasteiger partial charge >= 0.3 is 6.09 Å². The van der Waals surface area contributed by atoms with Crippen molar-refractivity contribution in [2.75, 3.05) is 6.61 Å². The van der Waals surface area contributed by atoms with Crippen LogP contribution in [0.2, 0.25) is 0 Å². The van der Waals surface area contributed by atoms with Gasteiger partial charge in [0, 0.05) is 6.42 Å². The number of nitrogens with zero attached hydrogens (tertiary/aromatic N) is 1. The first kappa shape index (κ1) is 20.5. The molecule has 1 saturated heterocycles. The summed E-state index contributed by atoms with van der Waals surface area (Å²) in [6.07, 6.45) is -0.467. The first-order chi connectivity index (χ1) is 15.7. The molecule has 3 aromatic carbocycles. The minimum Gasteiger partial charge on any atom is -0.439 e. The number of Topliss-reactive ketones (excluding diaryl/α,β-unsaturated/α-hetero) is 1. The van der Waals surface area contributed by atoms with E-state index in [1.807, 2.05) is 91.0 Å². The minimum atomic E-state index is -0.423. The van der Waals surface area contributed by atoms with Crippen LogP contribution in [0.25, 0.3) is 0 Å². The summed E-state index contributed by atoms with van der Waals surface area (Å²) in [5.74, 6) is -0.210. The molecule has 5 rings (SSSR count). The molecule has 1 aliphatic carbocycles. The molecule has 1 aliphatic heterocycles. The molecule has 0 spiro atoms. The Morgan fingerprint density at radius 2 is 1.41 bits per heavy atom. The van der Waals surface area contributed by atoms with Gasteiger partial charge in [0.2, 0.25) is 0 Å². The minimum absolute atomic E-state index is 0.130. The summed E-state index contributed by atoms with van der Waals surface area (Å²) in [5.41, 5.74) is 3.00. The lowest BCUT2D eigenvalue weighted by Gasteiger charge is -2.42. The Morgan fingerprint density at radius 3 is 2.03 bits per heavy atom. The van der Waals surface area contributed by atoms with Crippen LogP contribution in [0.4, 0.5) is 4.79 Å². The topological polar surface area (TPSA) is 55.8 Å². The second-order valence-electron chi connectivity index (χ2n) is 8.32. The maximum absolute atomic E-state index is 13.1. The van der Waals surface area contributed by atoms with Crippen molar-refractivity contribution in [3.05, 3.63) is 108 Å². The molecule has 2 fully saturated rings. The third-order valence-corrected chi connectivity index (χ3v) is 6.35. The molecule has 1 amide bonds. The standard InChI is InChI=1S/C27H25NO4/c29-24-16-23(22(24)18-31-17-19-10-4-1-5-11-19)28-25(20-12-6-2-7-13-20)26(32-27(28)30)21-14-8-3-9-15-21/h1-15,22-23,25-26H,16-18H2/t22-,23+,25+,26-/m0/s1. The first-order valence-electron chi connectivity index (χ1n) is 11.0. The lowest BCUT2D eigenvalue weighted by molar-refractivity contribution is -0.139.